The van der Waals surface area contributed by atoms with E-state index >= 15 is 0 Å². The molecule has 28 heavy (non-hydrogen) atoms. The lowest BCUT2D eigenvalue weighted by Gasteiger charge is -2.36. The molecule has 0 aromatic heterocycles. The Morgan fingerprint density at radius 1 is 1.11 bits per heavy atom. The molecule has 0 aliphatic carbocycles. The fraction of sp³-hybridized carbons (Fsp3) is 0.636. The molecule has 6 heteroatoms. The van der Waals surface area contributed by atoms with Crippen LogP contribution in [0.25, 0.3) is 0 Å². The van der Waals surface area contributed by atoms with Crippen LogP contribution >= 0.6 is 0 Å². The molecule has 1 saturated heterocycles. The van der Waals surface area contributed by atoms with Gasteiger partial charge in [-0.25, -0.2) is 4.79 Å². The fourth-order valence-electron chi connectivity index (χ4n) is 3.66. The molecule has 0 atom stereocenters. The van der Waals surface area contributed by atoms with Gasteiger partial charge in [0.25, 0.3) is 0 Å². The van der Waals surface area contributed by atoms with Crippen molar-refractivity contribution in [3.63, 3.8) is 0 Å². The minimum absolute atomic E-state index is 0.209. The molecule has 2 heterocycles. The molecule has 0 aromatic rings. The van der Waals surface area contributed by atoms with Gasteiger partial charge in [0, 0.05) is 39.3 Å². The predicted molar refractivity (Wildman–Crippen MR) is 112 cm³/mol. The summed E-state index contributed by atoms with van der Waals surface area (Å²) >= 11 is 0. The molecule has 0 saturated carbocycles. The van der Waals surface area contributed by atoms with Crippen LogP contribution in [0.5, 0.6) is 0 Å². The lowest BCUT2D eigenvalue weighted by atomic mass is 10.0. The number of carboxylic acids is 1. The first kappa shape index (κ1) is 22.4. The largest absolute Gasteiger partial charge is 0.478 e. The summed E-state index contributed by atoms with van der Waals surface area (Å²) in [6, 6.07) is 0. The quantitative estimate of drug-likeness (QED) is 0.373. The molecular weight excluding hydrogens is 354 g/mol. The van der Waals surface area contributed by atoms with Gasteiger partial charge in [-0.1, -0.05) is 38.0 Å². The van der Waals surface area contributed by atoms with Crippen molar-refractivity contribution >= 4 is 11.9 Å². The minimum atomic E-state index is -0.912. The Bertz CT molecular complexity index is 617. The first-order valence-electron chi connectivity index (χ1n) is 10.5. The first-order valence-corrected chi connectivity index (χ1v) is 10.5. The molecular formula is C22H35N3O3. The second-order valence-electron chi connectivity index (χ2n) is 7.60. The number of piperazine rings is 1. The van der Waals surface area contributed by atoms with E-state index in [-0.39, 0.29) is 5.91 Å². The molecule has 0 spiro atoms. The molecule has 2 aliphatic heterocycles. The maximum atomic E-state index is 12.6. The second-order valence-corrected chi connectivity index (χ2v) is 7.60. The van der Waals surface area contributed by atoms with E-state index in [1.54, 1.807) is 18.2 Å². The first-order chi connectivity index (χ1) is 13.5. The number of hydrogen-bond donors (Lipinski definition) is 1. The van der Waals surface area contributed by atoms with Crippen LogP contribution < -0.4 is 0 Å². The van der Waals surface area contributed by atoms with Crippen LogP contribution in [0.2, 0.25) is 0 Å². The van der Waals surface area contributed by atoms with Gasteiger partial charge in [0.2, 0.25) is 5.91 Å². The highest BCUT2D eigenvalue weighted by molar-refractivity contribution is 5.90. The Hall–Kier alpha value is -1.92. The maximum absolute atomic E-state index is 12.6. The zero-order valence-electron chi connectivity index (χ0n) is 17.4. The van der Waals surface area contributed by atoms with Crippen LogP contribution in [0.4, 0.5) is 0 Å². The van der Waals surface area contributed by atoms with E-state index in [1.165, 1.54) is 19.3 Å². The molecule has 0 bridgehead atoms. The molecule has 6 nitrogen and oxygen atoms in total. The van der Waals surface area contributed by atoms with E-state index in [9.17, 15) is 14.7 Å². The van der Waals surface area contributed by atoms with Gasteiger partial charge in [0.1, 0.15) is 0 Å². The van der Waals surface area contributed by atoms with Gasteiger partial charge in [0.15, 0.2) is 0 Å². The van der Waals surface area contributed by atoms with E-state index in [1.807, 2.05) is 17.9 Å². The lowest BCUT2D eigenvalue weighted by molar-refractivity contribution is -0.134. The molecule has 1 amide bonds. The van der Waals surface area contributed by atoms with Gasteiger partial charge in [-0.15, -0.1) is 0 Å². The summed E-state index contributed by atoms with van der Waals surface area (Å²) in [7, 11) is 0. The van der Waals surface area contributed by atoms with Crippen LogP contribution in [-0.2, 0) is 9.59 Å². The molecule has 0 radical (unpaired) electrons. The van der Waals surface area contributed by atoms with Crippen LogP contribution in [0.1, 0.15) is 39.5 Å². The smallest absolute Gasteiger partial charge is 0.335 e. The van der Waals surface area contributed by atoms with E-state index in [0.29, 0.717) is 18.7 Å². The van der Waals surface area contributed by atoms with Crippen molar-refractivity contribution in [2.75, 3.05) is 52.4 Å². The van der Waals surface area contributed by atoms with Crippen LogP contribution in [0.3, 0.4) is 0 Å². The molecule has 2 aliphatic rings. The number of unbranched alkanes of at least 4 members (excludes halogenated alkanes) is 2. The molecule has 2 rings (SSSR count). The van der Waals surface area contributed by atoms with Crippen LogP contribution in [0.15, 0.2) is 35.5 Å². The SMILES string of the molecule is C/C=C\C(=C/C1=CCN(CC(=O)N2CCN(CCCCC)CC2)CC1)C(=O)O. The minimum Gasteiger partial charge on any atom is -0.478 e. The normalized spacial score (nSPS) is 19.9. The lowest BCUT2D eigenvalue weighted by Crippen LogP contribution is -2.51. The van der Waals surface area contributed by atoms with Crippen molar-refractivity contribution in [2.45, 2.75) is 39.5 Å². The Labute approximate surface area is 169 Å². The highest BCUT2D eigenvalue weighted by Gasteiger charge is 2.23. The molecule has 0 aromatic carbocycles. The molecule has 1 fully saturated rings. The van der Waals surface area contributed by atoms with E-state index in [4.69, 9.17) is 0 Å². The summed E-state index contributed by atoms with van der Waals surface area (Å²) in [5.41, 5.74) is 1.33. The van der Waals surface area contributed by atoms with Crippen molar-refractivity contribution < 1.29 is 14.7 Å². The summed E-state index contributed by atoms with van der Waals surface area (Å²) in [6.07, 6.45) is 11.7. The average Bonchev–Trinajstić information content (AvgIpc) is 2.69. The topological polar surface area (TPSA) is 64.1 Å². The van der Waals surface area contributed by atoms with Gasteiger partial charge in [0.05, 0.1) is 12.1 Å². The van der Waals surface area contributed by atoms with Crippen molar-refractivity contribution in [1.82, 2.24) is 14.7 Å². The number of carbonyl (C=O) groups is 2. The van der Waals surface area contributed by atoms with E-state index in [2.05, 4.69) is 16.7 Å². The maximum Gasteiger partial charge on any atom is 0.335 e. The second kappa shape index (κ2) is 11.8. The molecule has 156 valence electrons. The van der Waals surface area contributed by atoms with Crippen molar-refractivity contribution in [3.05, 3.63) is 35.5 Å². The van der Waals surface area contributed by atoms with Crippen molar-refractivity contribution in [2.24, 2.45) is 0 Å². The van der Waals surface area contributed by atoms with Gasteiger partial charge in [-0.05, 0) is 38.0 Å². The summed E-state index contributed by atoms with van der Waals surface area (Å²) < 4.78 is 0. The van der Waals surface area contributed by atoms with Crippen LogP contribution in [-0.4, -0.2) is 84.0 Å². The number of allylic oxidation sites excluding steroid dienone is 2. The Morgan fingerprint density at radius 3 is 2.43 bits per heavy atom. The summed E-state index contributed by atoms with van der Waals surface area (Å²) in [6.45, 7) is 10.7. The van der Waals surface area contributed by atoms with Crippen molar-refractivity contribution in [3.8, 4) is 0 Å². The third-order valence-corrected chi connectivity index (χ3v) is 5.42. The molecule has 0 unspecified atom stereocenters. The van der Waals surface area contributed by atoms with E-state index < -0.39 is 5.97 Å². The number of carbonyl (C=O) groups excluding carboxylic acids is 1. The summed E-state index contributed by atoms with van der Waals surface area (Å²) in [4.78, 5) is 30.4. The Balaban J connectivity index is 1.77. The monoisotopic (exact) mass is 389 g/mol. The Morgan fingerprint density at radius 2 is 1.86 bits per heavy atom. The fourth-order valence-corrected chi connectivity index (χ4v) is 3.66. The highest BCUT2D eigenvalue weighted by atomic mass is 16.4. The third-order valence-electron chi connectivity index (χ3n) is 5.42. The van der Waals surface area contributed by atoms with Gasteiger partial charge in [-0.2, -0.15) is 0 Å². The van der Waals surface area contributed by atoms with Gasteiger partial charge < -0.3 is 10.0 Å². The number of hydrogen-bond acceptors (Lipinski definition) is 4. The van der Waals surface area contributed by atoms with Gasteiger partial charge >= 0.3 is 5.97 Å². The average molecular weight is 390 g/mol. The number of nitrogens with zero attached hydrogens (tertiary/aromatic N) is 3. The molecule has 1 N–H and O–H groups in total. The standard InChI is InChI=1S/C22H35N3O3/c1-3-5-6-10-23-13-15-25(16-14-23)21(26)18-24-11-8-19(9-12-24)17-20(7-4-2)22(27)28/h4,7-8,17H,3,5-6,9-16,18H2,1-2H3,(H,27,28)/b7-4-,20-17+. The highest BCUT2D eigenvalue weighted by Crippen LogP contribution is 2.15. The number of aliphatic carboxylic acids is 1. The zero-order valence-corrected chi connectivity index (χ0v) is 17.4. The predicted octanol–water partition coefficient (Wildman–Crippen LogP) is 2.54. The number of rotatable bonds is 9. The summed E-state index contributed by atoms with van der Waals surface area (Å²) in [5.74, 6) is -0.703. The summed E-state index contributed by atoms with van der Waals surface area (Å²) in [5, 5.41) is 9.22. The number of carboxylic acid groups (broad SMARTS) is 1. The van der Waals surface area contributed by atoms with Crippen LogP contribution in [0, 0.1) is 0 Å². The third kappa shape index (κ3) is 7.24. The number of amides is 1. The van der Waals surface area contributed by atoms with Crippen molar-refractivity contribution in [1.29, 1.82) is 0 Å². The zero-order chi connectivity index (χ0) is 20.4. The Kier molecular flexibility index (Phi) is 9.44. The van der Waals surface area contributed by atoms with Gasteiger partial charge in [-0.3, -0.25) is 14.6 Å². The van der Waals surface area contributed by atoms with E-state index in [0.717, 1.165) is 51.3 Å².